The van der Waals surface area contributed by atoms with Gasteiger partial charge in [-0.3, -0.25) is 9.59 Å². The molecule has 22 heavy (non-hydrogen) atoms. The lowest BCUT2D eigenvalue weighted by Crippen LogP contribution is -2.47. The van der Waals surface area contributed by atoms with Crippen LogP contribution in [-0.4, -0.2) is 40.7 Å². The van der Waals surface area contributed by atoms with Gasteiger partial charge in [0.1, 0.15) is 0 Å². The van der Waals surface area contributed by atoms with Gasteiger partial charge in [0.25, 0.3) is 0 Å². The van der Waals surface area contributed by atoms with Crippen LogP contribution in [0.15, 0.2) is 5.38 Å². The lowest BCUT2D eigenvalue weighted by molar-refractivity contribution is -0.124. The van der Waals surface area contributed by atoms with Gasteiger partial charge in [-0.2, -0.15) is 0 Å². The van der Waals surface area contributed by atoms with Gasteiger partial charge in [-0.25, -0.2) is 9.78 Å². The van der Waals surface area contributed by atoms with Gasteiger partial charge >= 0.3 is 6.03 Å². The number of rotatable bonds is 7. The van der Waals surface area contributed by atoms with Gasteiger partial charge < -0.3 is 16.0 Å². The van der Waals surface area contributed by atoms with Crippen molar-refractivity contribution in [3.63, 3.8) is 0 Å². The molecular weight excluding hydrogens is 304 g/mol. The first kappa shape index (κ1) is 18.1. The zero-order valence-electron chi connectivity index (χ0n) is 13.3. The molecule has 0 aliphatic carbocycles. The molecular formula is C14H22N4O3S. The van der Waals surface area contributed by atoms with Crippen LogP contribution in [-0.2, 0) is 16.1 Å². The maximum Gasteiger partial charge on any atom is 0.318 e. The zero-order valence-corrected chi connectivity index (χ0v) is 14.1. The van der Waals surface area contributed by atoms with Crippen molar-refractivity contribution in [2.75, 3.05) is 7.05 Å². The van der Waals surface area contributed by atoms with Crippen molar-refractivity contribution in [1.82, 2.24) is 15.2 Å². The highest BCUT2D eigenvalue weighted by Gasteiger charge is 2.21. The first-order valence-electron chi connectivity index (χ1n) is 6.95. The fourth-order valence-corrected chi connectivity index (χ4v) is 2.56. The first-order valence-corrected chi connectivity index (χ1v) is 7.83. The number of hydrogen-bond donors (Lipinski definition) is 2. The number of ketones is 1. The summed E-state index contributed by atoms with van der Waals surface area (Å²) in [6, 6.07) is -1.34. The van der Waals surface area contributed by atoms with E-state index in [0.29, 0.717) is 12.5 Å². The van der Waals surface area contributed by atoms with E-state index in [-0.39, 0.29) is 12.2 Å². The van der Waals surface area contributed by atoms with Crippen LogP contribution < -0.4 is 11.1 Å². The van der Waals surface area contributed by atoms with Gasteiger partial charge in [-0.1, -0.05) is 13.8 Å². The number of nitrogens with zero attached hydrogens (tertiary/aromatic N) is 2. The van der Waals surface area contributed by atoms with Crippen molar-refractivity contribution in [1.29, 1.82) is 0 Å². The van der Waals surface area contributed by atoms with Crippen LogP contribution in [0.4, 0.5) is 4.79 Å². The van der Waals surface area contributed by atoms with Gasteiger partial charge in [0.15, 0.2) is 5.78 Å². The van der Waals surface area contributed by atoms with E-state index in [1.165, 1.54) is 11.8 Å². The third-order valence-electron chi connectivity index (χ3n) is 3.00. The smallest absolute Gasteiger partial charge is 0.318 e. The molecule has 1 heterocycles. The summed E-state index contributed by atoms with van der Waals surface area (Å²) in [4.78, 5) is 40.3. The number of thiazole rings is 1. The van der Waals surface area contributed by atoms with Crippen LogP contribution in [0, 0.1) is 0 Å². The van der Waals surface area contributed by atoms with E-state index < -0.39 is 18.0 Å². The molecule has 0 aliphatic rings. The van der Waals surface area contributed by atoms with Gasteiger partial charge in [0.2, 0.25) is 5.91 Å². The SMILES string of the molecule is CC(=O)C(CC(N)=O)NC(=O)N(C)Cc1csc(C(C)C)n1. The van der Waals surface area contributed by atoms with E-state index in [9.17, 15) is 14.4 Å². The van der Waals surface area contributed by atoms with Crippen LogP contribution in [0.3, 0.4) is 0 Å². The number of urea groups is 1. The van der Waals surface area contributed by atoms with Crippen LogP contribution in [0.1, 0.15) is 43.8 Å². The topological polar surface area (TPSA) is 105 Å². The molecule has 0 bridgehead atoms. The Bertz CT molecular complexity index is 556. The fraction of sp³-hybridized carbons (Fsp3) is 0.571. The summed E-state index contributed by atoms with van der Waals surface area (Å²) in [6.45, 7) is 5.75. The highest BCUT2D eigenvalue weighted by atomic mass is 32.1. The minimum absolute atomic E-state index is 0.205. The van der Waals surface area contributed by atoms with Crippen LogP contribution in [0.25, 0.3) is 0 Å². The molecule has 0 spiro atoms. The van der Waals surface area contributed by atoms with Crippen molar-refractivity contribution in [3.8, 4) is 0 Å². The largest absolute Gasteiger partial charge is 0.370 e. The summed E-state index contributed by atoms with van der Waals surface area (Å²) < 4.78 is 0. The van der Waals surface area contributed by atoms with E-state index in [1.54, 1.807) is 18.4 Å². The number of carbonyl (C=O) groups excluding carboxylic acids is 3. The Labute approximate surface area is 133 Å². The van der Waals surface area contributed by atoms with Crippen molar-refractivity contribution in [2.45, 2.75) is 45.7 Å². The molecule has 1 atom stereocenters. The Hall–Kier alpha value is -1.96. The van der Waals surface area contributed by atoms with E-state index in [4.69, 9.17) is 5.73 Å². The number of nitrogens with one attached hydrogen (secondary N) is 1. The van der Waals surface area contributed by atoms with Gasteiger partial charge in [-0.05, 0) is 6.92 Å². The number of hydrogen-bond acceptors (Lipinski definition) is 5. The predicted octanol–water partition coefficient (Wildman–Crippen LogP) is 1.24. The monoisotopic (exact) mass is 326 g/mol. The van der Waals surface area contributed by atoms with Crippen LogP contribution in [0.2, 0.25) is 0 Å². The average molecular weight is 326 g/mol. The van der Waals surface area contributed by atoms with Crippen molar-refractivity contribution in [3.05, 3.63) is 16.1 Å². The molecule has 0 aromatic carbocycles. The summed E-state index contributed by atoms with van der Waals surface area (Å²) in [7, 11) is 1.60. The third kappa shape index (κ3) is 5.44. The van der Waals surface area contributed by atoms with E-state index in [2.05, 4.69) is 24.1 Å². The number of carbonyl (C=O) groups is 3. The van der Waals surface area contributed by atoms with Crippen LogP contribution >= 0.6 is 11.3 Å². The van der Waals surface area contributed by atoms with Gasteiger partial charge in [0.05, 0.1) is 29.7 Å². The van der Waals surface area contributed by atoms with E-state index >= 15 is 0 Å². The molecule has 1 rings (SSSR count). The van der Waals surface area contributed by atoms with Crippen LogP contribution in [0.5, 0.6) is 0 Å². The molecule has 0 radical (unpaired) electrons. The number of amides is 3. The molecule has 1 aromatic rings. The summed E-state index contributed by atoms with van der Waals surface area (Å²) in [5.41, 5.74) is 5.87. The molecule has 1 unspecified atom stereocenters. The highest BCUT2D eigenvalue weighted by Crippen LogP contribution is 2.19. The Kier molecular flexibility index (Phi) is 6.48. The summed E-state index contributed by atoms with van der Waals surface area (Å²) >= 11 is 1.55. The Morgan fingerprint density at radius 1 is 1.41 bits per heavy atom. The summed E-state index contributed by atoms with van der Waals surface area (Å²) in [5, 5.41) is 5.43. The predicted molar refractivity (Wildman–Crippen MR) is 84.5 cm³/mol. The molecule has 0 saturated carbocycles. The summed E-state index contributed by atoms with van der Waals surface area (Å²) in [6.07, 6.45) is -0.205. The second kappa shape index (κ2) is 7.88. The Morgan fingerprint density at radius 3 is 2.50 bits per heavy atom. The van der Waals surface area contributed by atoms with Crippen molar-refractivity contribution < 1.29 is 14.4 Å². The quantitative estimate of drug-likeness (QED) is 0.786. The standard InChI is InChI=1S/C14H22N4O3S/c1-8(2)13-16-10(7-22-13)6-18(4)14(21)17-11(9(3)19)5-12(15)20/h7-8,11H,5-6H2,1-4H3,(H2,15,20)(H,17,21). The Balaban J connectivity index is 2.63. The molecule has 1 aromatic heterocycles. The lowest BCUT2D eigenvalue weighted by Gasteiger charge is -2.21. The van der Waals surface area contributed by atoms with Crippen molar-refractivity contribution in [2.24, 2.45) is 5.73 Å². The number of primary amides is 1. The molecule has 7 nitrogen and oxygen atoms in total. The second-order valence-electron chi connectivity index (χ2n) is 5.47. The summed E-state index contributed by atoms with van der Waals surface area (Å²) in [5.74, 6) is -0.601. The number of Topliss-reactive ketones (excluding diaryl/α,β-unsaturated/α-hetero) is 1. The van der Waals surface area contributed by atoms with Gasteiger partial charge in [0, 0.05) is 18.3 Å². The van der Waals surface area contributed by atoms with Gasteiger partial charge in [-0.15, -0.1) is 11.3 Å². The fourth-order valence-electron chi connectivity index (χ4n) is 1.73. The lowest BCUT2D eigenvalue weighted by atomic mass is 10.1. The number of nitrogens with two attached hydrogens (primary N) is 1. The van der Waals surface area contributed by atoms with E-state index in [1.807, 2.05) is 5.38 Å². The number of aromatic nitrogens is 1. The normalized spacial score (nSPS) is 12.0. The second-order valence-corrected chi connectivity index (χ2v) is 6.36. The minimum atomic E-state index is -0.894. The van der Waals surface area contributed by atoms with Crippen molar-refractivity contribution >= 4 is 29.1 Å². The van der Waals surface area contributed by atoms with E-state index in [0.717, 1.165) is 10.7 Å². The molecule has 0 saturated heterocycles. The highest BCUT2D eigenvalue weighted by molar-refractivity contribution is 7.09. The molecule has 122 valence electrons. The third-order valence-corrected chi connectivity index (χ3v) is 4.20. The molecule has 8 heteroatoms. The molecule has 3 amide bonds. The molecule has 3 N–H and O–H groups in total. The Morgan fingerprint density at radius 2 is 2.05 bits per heavy atom. The molecule has 0 fully saturated rings. The minimum Gasteiger partial charge on any atom is -0.370 e. The zero-order chi connectivity index (χ0) is 16.9. The maximum absolute atomic E-state index is 12.1. The average Bonchev–Trinajstić information content (AvgIpc) is 2.85. The molecule has 0 aliphatic heterocycles. The maximum atomic E-state index is 12.1. The first-order chi connectivity index (χ1) is 10.2.